The average Bonchev–Trinajstić information content (AvgIpc) is 2.04. The Morgan fingerprint density at radius 2 is 2.09 bits per heavy atom. The van der Waals surface area contributed by atoms with E-state index in [4.69, 9.17) is 10.5 Å². The predicted molar refractivity (Wildman–Crippen MR) is 42.2 cm³/mol. The fourth-order valence-corrected chi connectivity index (χ4v) is 1.19. The zero-order chi connectivity index (χ0) is 8.32. The SMILES string of the molecule is C=CC(=O)C1(N)CCOCC1. The molecule has 0 aromatic carbocycles. The Kier molecular flexibility index (Phi) is 2.42. The standard InChI is InChI=1S/C8H13NO2/c1-2-7(10)8(9)3-5-11-6-4-8/h2H,1,3-6,9H2. The molecule has 0 aromatic heterocycles. The van der Waals surface area contributed by atoms with Crippen LogP contribution in [0.3, 0.4) is 0 Å². The normalized spacial score (nSPS) is 22.6. The summed E-state index contributed by atoms with van der Waals surface area (Å²) in [6, 6.07) is 0. The third-order valence-corrected chi connectivity index (χ3v) is 2.06. The molecule has 1 aliphatic rings. The third kappa shape index (κ3) is 1.67. The van der Waals surface area contributed by atoms with Crippen LogP contribution in [-0.2, 0) is 9.53 Å². The Morgan fingerprint density at radius 1 is 1.55 bits per heavy atom. The molecule has 0 aromatic rings. The van der Waals surface area contributed by atoms with Crippen LogP contribution in [0, 0.1) is 0 Å². The Balaban J connectivity index is 2.63. The van der Waals surface area contributed by atoms with Gasteiger partial charge >= 0.3 is 0 Å². The van der Waals surface area contributed by atoms with Crippen LogP contribution in [0.25, 0.3) is 0 Å². The fourth-order valence-electron chi connectivity index (χ4n) is 1.19. The number of hydrogen-bond acceptors (Lipinski definition) is 3. The summed E-state index contributed by atoms with van der Waals surface area (Å²) in [6.45, 7) is 4.57. The number of nitrogens with two attached hydrogens (primary N) is 1. The molecule has 1 heterocycles. The summed E-state index contributed by atoms with van der Waals surface area (Å²) in [5.41, 5.74) is 5.12. The molecule has 0 radical (unpaired) electrons. The highest BCUT2D eigenvalue weighted by atomic mass is 16.5. The van der Waals surface area contributed by atoms with Crippen molar-refractivity contribution in [3.8, 4) is 0 Å². The van der Waals surface area contributed by atoms with E-state index in [-0.39, 0.29) is 5.78 Å². The van der Waals surface area contributed by atoms with Gasteiger partial charge in [0.1, 0.15) is 0 Å². The second kappa shape index (κ2) is 3.15. The van der Waals surface area contributed by atoms with E-state index in [0.29, 0.717) is 26.1 Å². The van der Waals surface area contributed by atoms with Crippen molar-refractivity contribution >= 4 is 5.78 Å². The van der Waals surface area contributed by atoms with Crippen LogP contribution >= 0.6 is 0 Å². The second-order valence-electron chi connectivity index (χ2n) is 2.84. The van der Waals surface area contributed by atoms with Gasteiger partial charge in [-0.15, -0.1) is 0 Å². The summed E-state index contributed by atoms with van der Waals surface area (Å²) >= 11 is 0. The maximum atomic E-state index is 11.2. The molecule has 0 amide bonds. The van der Waals surface area contributed by atoms with Crippen LogP contribution in [0.1, 0.15) is 12.8 Å². The van der Waals surface area contributed by atoms with Gasteiger partial charge in [0, 0.05) is 13.2 Å². The molecule has 1 aliphatic heterocycles. The van der Waals surface area contributed by atoms with E-state index in [1.165, 1.54) is 6.08 Å². The van der Waals surface area contributed by atoms with E-state index in [1.807, 2.05) is 0 Å². The van der Waals surface area contributed by atoms with Crippen LogP contribution in [-0.4, -0.2) is 24.5 Å². The van der Waals surface area contributed by atoms with E-state index < -0.39 is 5.54 Å². The number of hydrogen-bond donors (Lipinski definition) is 1. The van der Waals surface area contributed by atoms with Gasteiger partial charge in [0.05, 0.1) is 5.54 Å². The summed E-state index contributed by atoms with van der Waals surface area (Å²) < 4.78 is 5.09. The van der Waals surface area contributed by atoms with Crippen molar-refractivity contribution in [2.75, 3.05) is 13.2 Å². The molecule has 3 nitrogen and oxygen atoms in total. The third-order valence-electron chi connectivity index (χ3n) is 2.06. The first-order chi connectivity index (χ1) is 5.19. The summed E-state index contributed by atoms with van der Waals surface area (Å²) in [7, 11) is 0. The first-order valence-electron chi connectivity index (χ1n) is 3.72. The molecule has 0 bridgehead atoms. The van der Waals surface area contributed by atoms with Crippen molar-refractivity contribution in [2.24, 2.45) is 5.73 Å². The van der Waals surface area contributed by atoms with E-state index in [0.717, 1.165) is 0 Å². The maximum absolute atomic E-state index is 11.2. The molecular weight excluding hydrogens is 142 g/mol. The topological polar surface area (TPSA) is 52.3 Å². The smallest absolute Gasteiger partial charge is 0.175 e. The molecule has 1 rings (SSSR count). The van der Waals surface area contributed by atoms with Crippen LogP contribution in [0.4, 0.5) is 0 Å². The minimum absolute atomic E-state index is 0.0687. The van der Waals surface area contributed by atoms with E-state index in [2.05, 4.69) is 6.58 Å². The highest BCUT2D eigenvalue weighted by molar-refractivity contribution is 5.97. The number of rotatable bonds is 2. The van der Waals surface area contributed by atoms with E-state index in [9.17, 15) is 4.79 Å². The molecule has 0 atom stereocenters. The molecule has 1 fully saturated rings. The fraction of sp³-hybridized carbons (Fsp3) is 0.625. The average molecular weight is 155 g/mol. The van der Waals surface area contributed by atoms with Crippen molar-refractivity contribution in [1.29, 1.82) is 0 Å². The van der Waals surface area contributed by atoms with E-state index in [1.54, 1.807) is 0 Å². The lowest BCUT2D eigenvalue weighted by Gasteiger charge is -2.30. The molecule has 62 valence electrons. The molecular formula is C8H13NO2. The van der Waals surface area contributed by atoms with Crippen LogP contribution in [0.2, 0.25) is 0 Å². The first-order valence-corrected chi connectivity index (χ1v) is 3.72. The van der Waals surface area contributed by atoms with Gasteiger partial charge in [-0.1, -0.05) is 6.58 Å². The van der Waals surface area contributed by atoms with Gasteiger partial charge in [-0.3, -0.25) is 4.79 Å². The highest BCUT2D eigenvalue weighted by Gasteiger charge is 2.33. The number of ether oxygens (including phenoxy) is 1. The molecule has 1 saturated heterocycles. The molecule has 0 unspecified atom stereocenters. The maximum Gasteiger partial charge on any atom is 0.175 e. The van der Waals surface area contributed by atoms with Crippen molar-refractivity contribution in [3.63, 3.8) is 0 Å². The zero-order valence-corrected chi connectivity index (χ0v) is 6.51. The lowest BCUT2D eigenvalue weighted by Crippen LogP contribution is -2.51. The molecule has 0 spiro atoms. The number of carbonyl (C=O) groups excluding carboxylic acids is 1. The minimum atomic E-state index is -0.694. The lowest BCUT2D eigenvalue weighted by molar-refractivity contribution is -0.122. The van der Waals surface area contributed by atoms with Gasteiger partial charge in [-0.25, -0.2) is 0 Å². The predicted octanol–water partition coefficient (Wildman–Crippen LogP) is 0.249. The lowest BCUT2D eigenvalue weighted by atomic mass is 9.87. The highest BCUT2D eigenvalue weighted by Crippen LogP contribution is 2.18. The van der Waals surface area contributed by atoms with Gasteiger partial charge in [-0.2, -0.15) is 0 Å². The zero-order valence-electron chi connectivity index (χ0n) is 6.51. The van der Waals surface area contributed by atoms with Crippen molar-refractivity contribution in [1.82, 2.24) is 0 Å². The molecule has 0 aliphatic carbocycles. The van der Waals surface area contributed by atoms with Gasteiger partial charge < -0.3 is 10.5 Å². The summed E-state index contributed by atoms with van der Waals surface area (Å²) in [5.74, 6) is -0.0687. The Bertz CT molecular complexity index is 171. The van der Waals surface area contributed by atoms with Crippen LogP contribution < -0.4 is 5.73 Å². The van der Waals surface area contributed by atoms with Gasteiger partial charge in [-0.05, 0) is 18.9 Å². The van der Waals surface area contributed by atoms with Crippen LogP contribution in [0.15, 0.2) is 12.7 Å². The summed E-state index contributed by atoms with van der Waals surface area (Å²) in [6.07, 6.45) is 2.51. The quantitative estimate of drug-likeness (QED) is 0.581. The van der Waals surface area contributed by atoms with Crippen molar-refractivity contribution in [3.05, 3.63) is 12.7 Å². The van der Waals surface area contributed by atoms with Crippen molar-refractivity contribution < 1.29 is 9.53 Å². The van der Waals surface area contributed by atoms with Crippen LogP contribution in [0.5, 0.6) is 0 Å². The van der Waals surface area contributed by atoms with Gasteiger partial charge in [0.25, 0.3) is 0 Å². The Hall–Kier alpha value is -0.670. The summed E-state index contributed by atoms with van der Waals surface area (Å²) in [5, 5.41) is 0. The second-order valence-corrected chi connectivity index (χ2v) is 2.84. The molecule has 3 heteroatoms. The molecule has 0 saturated carbocycles. The number of ketones is 1. The summed E-state index contributed by atoms with van der Waals surface area (Å²) in [4.78, 5) is 11.2. The monoisotopic (exact) mass is 155 g/mol. The number of carbonyl (C=O) groups is 1. The van der Waals surface area contributed by atoms with E-state index >= 15 is 0 Å². The van der Waals surface area contributed by atoms with Gasteiger partial charge in [0.2, 0.25) is 0 Å². The Morgan fingerprint density at radius 3 is 2.55 bits per heavy atom. The first kappa shape index (κ1) is 8.43. The van der Waals surface area contributed by atoms with Gasteiger partial charge in [0.15, 0.2) is 5.78 Å². The molecule has 11 heavy (non-hydrogen) atoms. The molecule has 2 N–H and O–H groups in total. The minimum Gasteiger partial charge on any atom is -0.381 e. The van der Waals surface area contributed by atoms with Crippen molar-refractivity contribution in [2.45, 2.75) is 18.4 Å². The Labute approximate surface area is 66.2 Å². The largest absolute Gasteiger partial charge is 0.381 e.